The third-order valence-corrected chi connectivity index (χ3v) is 1.78. The lowest BCUT2D eigenvalue weighted by atomic mass is 10.2. The lowest BCUT2D eigenvalue weighted by Crippen LogP contribution is -2.02. The predicted octanol–water partition coefficient (Wildman–Crippen LogP) is 2.43. The largest absolute Gasteiger partial charge is 0.435 e. The van der Waals surface area contributed by atoms with Crippen LogP contribution in [0.25, 0.3) is 0 Å². The van der Waals surface area contributed by atoms with Crippen LogP contribution in [-0.2, 0) is 6.61 Å². The molecule has 0 bridgehead atoms. The molecule has 13 heavy (non-hydrogen) atoms. The molecule has 1 N–H and O–H groups in total. The van der Waals surface area contributed by atoms with Gasteiger partial charge in [0.05, 0.1) is 6.61 Å². The third kappa shape index (κ3) is 2.82. The SMILES string of the molecule is OCc1cc(OC(F)F)ccc1Cl. The molecule has 1 aromatic carbocycles. The van der Waals surface area contributed by atoms with Gasteiger partial charge in [0.25, 0.3) is 0 Å². The van der Waals surface area contributed by atoms with E-state index < -0.39 is 6.61 Å². The molecule has 0 heterocycles. The molecule has 5 heteroatoms. The highest BCUT2D eigenvalue weighted by Crippen LogP contribution is 2.23. The van der Waals surface area contributed by atoms with Crippen LogP contribution in [0.5, 0.6) is 5.75 Å². The van der Waals surface area contributed by atoms with Crippen LogP contribution >= 0.6 is 11.6 Å². The van der Waals surface area contributed by atoms with Gasteiger partial charge in [-0.25, -0.2) is 0 Å². The van der Waals surface area contributed by atoms with Crippen LogP contribution in [-0.4, -0.2) is 11.7 Å². The Morgan fingerprint density at radius 1 is 1.46 bits per heavy atom. The van der Waals surface area contributed by atoms with Crippen molar-refractivity contribution in [3.63, 3.8) is 0 Å². The Kier molecular flexibility index (Phi) is 3.45. The van der Waals surface area contributed by atoms with Crippen molar-refractivity contribution in [3.05, 3.63) is 28.8 Å². The summed E-state index contributed by atoms with van der Waals surface area (Å²) in [6.07, 6.45) is 0. The number of benzene rings is 1. The Balaban J connectivity index is 2.86. The maximum Gasteiger partial charge on any atom is 0.387 e. The fourth-order valence-corrected chi connectivity index (χ4v) is 1.03. The van der Waals surface area contributed by atoms with Crippen molar-refractivity contribution in [2.75, 3.05) is 0 Å². The van der Waals surface area contributed by atoms with Crippen LogP contribution in [0.1, 0.15) is 5.56 Å². The van der Waals surface area contributed by atoms with Gasteiger partial charge < -0.3 is 9.84 Å². The first-order valence-electron chi connectivity index (χ1n) is 3.47. The van der Waals surface area contributed by atoms with Crippen molar-refractivity contribution in [2.45, 2.75) is 13.2 Å². The minimum absolute atomic E-state index is 0.0107. The second kappa shape index (κ2) is 4.39. The normalized spacial score (nSPS) is 10.5. The summed E-state index contributed by atoms with van der Waals surface area (Å²) in [6.45, 7) is -3.17. The van der Waals surface area contributed by atoms with E-state index in [1.165, 1.54) is 18.2 Å². The summed E-state index contributed by atoms with van der Waals surface area (Å²) in [5.74, 6) is -0.0107. The molecule has 0 unspecified atom stereocenters. The fraction of sp³-hybridized carbons (Fsp3) is 0.250. The van der Waals surface area contributed by atoms with Crippen molar-refractivity contribution in [1.29, 1.82) is 0 Å². The highest BCUT2D eigenvalue weighted by atomic mass is 35.5. The van der Waals surface area contributed by atoms with E-state index in [4.69, 9.17) is 16.7 Å². The van der Waals surface area contributed by atoms with Gasteiger partial charge in [-0.05, 0) is 23.8 Å². The molecule has 0 aliphatic carbocycles. The molecular formula is C8H7ClF2O2. The molecule has 0 aliphatic heterocycles. The Labute approximate surface area is 78.7 Å². The number of ether oxygens (including phenoxy) is 1. The average molecular weight is 209 g/mol. The van der Waals surface area contributed by atoms with E-state index in [9.17, 15) is 8.78 Å². The zero-order valence-corrected chi connectivity index (χ0v) is 7.26. The standard InChI is InChI=1S/C8H7ClF2O2/c9-7-2-1-6(13-8(10)11)3-5(7)4-12/h1-3,8,12H,4H2. The zero-order valence-electron chi connectivity index (χ0n) is 6.51. The summed E-state index contributed by atoms with van der Waals surface area (Å²) in [6, 6.07) is 3.98. The number of aliphatic hydroxyl groups excluding tert-OH is 1. The molecule has 0 aromatic heterocycles. The first kappa shape index (κ1) is 10.2. The molecule has 72 valence electrons. The monoisotopic (exact) mass is 208 g/mol. The molecule has 0 fully saturated rings. The van der Waals surface area contributed by atoms with E-state index in [0.717, 1.165) is 0 Å². The number of rotatable bonds is 3. The Hall–Kier alpha value is -0.870. The predicted molar refractivity (Wildman–Crippen MR) is 44.0 cm³/mol. The van der Waals surface area contributed by atoms with E-state index >= 15 is 0 Å². The molecule has 0 spiro atoms. The second-order valence-electron chi connectivity index (χ2n) is 2.29. The molecule has 0 aliphatic rings. The lowest BCUT2D eigenvalue weighted by Gasteiger charge is -2.06. The highest BCUT2D eigenvalue weighted by molar-refractivity contribution is 6.31. The quantitative estimate of drug-likeness (QED) is 0.827. The zero-order chi connectivity index (χ0) is 9.84. The Morgan fingerprint density at radius 3 is 2.69 bits per heavy atom. The molecule has 0 atom stereocenters. The molecule has 1 rings (SSSR count). The topological polar surface area (TPSA) is 29.5 Å². The van der Waals surface area contributed by atoms with E-state index in [2.05, 4.69) is 4.74 Å². The fourth-order valence-electron chi connectivity index (χ4n) is 0.848. The molecule has 0 saturated heterocycles. The van der Waals surface area contributed by atoms with Gasteiger partial charge in [-0.3, -0.25) is 0 Å². The van der Waals surface area contributed by atoms with E-state index in [1.54, 1.807) is 0 Å². The summed E-state index contributed by atoms with van der Waals surface area (Å²) in [7, 11) is 0. The Bertz CT molecular complexity index is 291. The number of alkyl halides is 2. The van der Waals surface area contributed by atoms with Crippen LogP contribution in [0.15, 0.2) is 18.2 Å². The number of hydrogen-bond acceptors (Lipinski definition) is 2. The van der Waals surface area contributed by atoms with Gasteiger partial charge in [0, 0.05) is 5.02 Å². The van der Waals surface area contributed by atoms with Crippen LogP contribution in [0.2, 0.25) is 5.02 Å². The maximum absolute atomic E-state index is 11.7. The summed E-state index contributed by atoms with van der Waals surface area (Å²) < 4.78 is 27.6. The van der Waals surface area contributed by atoms with E-state index in [-0.39, 0.29) is 12.4 Å². The summed E-state index contributed by atoms with van der Waals surface area (Å²) in [5, 5.41) is 9.07. The minimum atomic E-state index is -2.87. The summed E-state index contributed by atoms with van der Waals surface area (Å²) >= 11 is 5.63. The van der Waals surface area contributed by atoms with Gasteiger partial charge in [0.2, 0.25) is 0 Å². The van der Waals surface area contributed by atoms with Gasteiger partial charge in [-0.2, -0.15) is 8.78 Å². The van der Waals surface area contributed by atoms with Gasteiger partial charge in [0.15, 0.2) is 0 Å². The van der Waals surface area contributed by atoms with Gasteiger partial charge in [-0.15, -0.1) is 0 Å². The van der Waals surface area contributed by atoms with Gasteiger partial charge in [0.1, 0.15) is 5.75 Å². The van der Waals surface area contributed by atoms with Gasteiger partial charge in [-0.1, -0.05) is 11.6 Å². The van der Waals surface area contributed by atoms with E-state index in [1.807, 2.05) is 0 Å². The van der Waals surface area contributed by atoms with Crippen LogP contribution in [0, 0.1) is 0 Å². The van der Waals surface area contributed by atoms with Crippen LogP contribution in [0.3, 0.4) is 0 Å². The second-order valence-corrected chi connectivity index (χ2v) is 2.70. The first-order chi connectivity index (χ1) is 6.13. The third-order valence-electron chi connectivity index (χ3n) is 1.41. The van der Waals surface area contributed by atoms with Crippen molar-refractivity contribution in [3.8, 4) is 5.75 Å². The number of halogens is 3. The summed E-state index contributed by atoms with van der Waals surface area (Å²) in [4.78, 5) is 0. The molecule has 2 nitrogen and oxygen atoms in total. The van der Waals surface area contributed by atoms with E-state index in [0.29, 0.717) is 10.6 Å². The van der Waals surface area contributed by atoms with Crippen molar-refractivity contribution < 1.29 is 18.6 Å². The molecule has 1 aromatic rings. The van der Waals surface area contributed by atoms with Crippen molar-refractivity contribution in [2.24, 2.45) is 0 Å². The van der Waals surface area contributed by atoms with Crippen LogP contribution < -0.4 is 4.74 Å². The molecular weight excluding hydrogens is 202 g/mol. The van der Waals surface area contributed by atoms with Gasteiger partial charge >= 0.3 is 6.61 Å². The average Bonchev–Trinajstić information content (AvgIpc) is 2.07. The van der Waals surface area contributed by atoms with Crippen molar-refractivity contribution >= 4 is 11.6 Å². The minimum Gasteiger partial charge on any atom is -0.435 e. The smallest absolute Gasteiger partial charge is 0.387 e. The maximum atomic E-state index is 11.7. The molecule has 0 saturated carbocycles. The highest BCUT2D eigenvalue weighted by Gasteiger charge is 2.06. The van der Waals surface area contributed by atoms with Crippen LogP contribution in [0.4, 0.5) is 8.78 Å². The number of aliphatic hydroxyl groups is 1. The first-order valence-corrected chi connectivity index (χ1v) is 3.85. The molecule has 0 radical (unpaired) electrons. The lowest BCUT2D eigenvalue weighted by molar-refractivity contribution is -0.0499. The summed E-state index contributed by atoms with van der Waals surface area (Å²) in [5.41, 5.74) is 0.361. The molecule has 0 amide bonds. The number of hydrogen-bond donors (Lipinski definition) is 1. The van der Waals surface area contributed by atoms with Crippen molar-refractivity contribution in [1.82, 2.24) is 0 Å². The Morgan fingerprint density at radius 2 is 2.15 bits per heavy atom.